The van der Waals surface area contributed by atoms with Crippen LogP contribution in [0.4, 0.5) is 5.69 Å². The van der Waals surface area contributed by atoms with E-state index >= 15 is 0 Å². The van der Waals surface area contributed by atoms with Crippen LogP contribution in [-0.4, -0.2) is 18.3 Å². The Balaban J connectivity index is 2.32. The normalized spacial score (nSPS) is 14.1. The molecule has 1 aliphatic heterocycles. The lowest BCUT2D eigenvalue weighted by Gasteiger charge is -2.15. The van der Waals surface area contributed by atoms with Gasteiger partial charge in [-0.15, -0.1) is 11.6 Å². The van der Waals surface area contributed by atoms with E-state index in [1.165, 1.54) is 11.1 Å². The summed E-state index contributed by atoms with van der Waals surface area (Å²) >= 11 is 5.57. The number of hydrogen-bond acceptors (Lipinski definition) is 1. The molecular weight excluding hydrogens is 210 g/mol. The maximum Gasteiger partial charge on any atom is 0.241 e. The molecule has 0 spiro atoms. The Morgan fingerprint density at radius 3 is 3.00 bits per heavy atom. The quantitative estimate of drug-likeness (QED) is 0.705. The molecule has 1 amide bonds. The third-order valence-electron chi connectivity index (χ3n) is 2.86. The van der Waals surface area contributed by atoms with Crippen LogP contribution in [0.25, 0.3) is 0 Å². The minimum absolute atomic E-state index is 0.000310. The van der Waals surface area contributed by atoms with Crippen molar-refractivity contribution in [3.63, 3.8) is 0 Å². The van der Waals surface area contributed by atoms with Gasteiger partial charge in [-0.05, 0) is 30.0 Å². The topological polar surface area (TPSA) is 20.3 Å². The Morgan fingerprint density at radius 2 is 2.33 bits per heavy atom. The standard InChI is InChI=1S/C12H14ClNO/c1-2-9-3-4-11-10(7-9)5-6-14(11)12(15)8-13/h3-4,7H,2,5-6,8H2,1H3. The molecule has 80 valence electrons. The van der Waals surface area contributed by atoms with E-state index in [4.69, 9.17) is 11.6 Å². The zero-order valence-corrected chi connectivity index (χ0v) is 9.55. The summed E-state index contributed by atoms with van der Waals surface area (Å²) in [5, 5.41) is 0. The van der Waals surface area contributed by atoms with Crippen molar-refractivity contribution in [1.82, 2.24) is 0 Å². The number of halogens is 1. The molecule has 0 N–H and O–H groups in total. The van der Waals surface area contributed by atoms with Gasteiger partial charge in [-0.2, -0.15) is 0 Å². The van der Waals surface area contributed by atoms with Gasteiger partial charge in [-0.1, -0.05) is 19.1 Å². The van der Waals surface area contributed by atoms with Crippen LogP contribution in [0.3, 0.4) is 0 Å². The first kappa shape index (κ1) is 10.5. The molecule has 0 aliphatic carbocycles. The van der Waals surface area contributed by atoms with Gasteiger partial charge in [0.15, 0.2) is 0 Å². The first-order valence-electron chi connectivity index (χ1n) is 5.24. The third-order valence-corrected chi connectivity index (χ3v) is 3.09. The Morgan fingerprint density at radius 1 is 1.53 bits per heavy atom. The first-order chi connectivity index (χ1) is 7.26. The van der Waals surface area contributed by atoms with E-state index in [0.717, 1.165) is 25.1 Å². The van der Waals surface area contributed by atoms with Crippen molar-refractivity contribution >= 4 is 23.2 Å². The number of anilines is 1. The molecule has 3 heteroatoms. The van der Waals surface area contributed by atoms with Crippen molar-refractivity contribution < 1.29 is 4.79 Å². The monoisotopic (exact) mass is 223 g/mol. The van der Waals surface area contributed by atoms with Crippen LogP contribution in [0, 0.1) is 0 Å². The van der Waals surface area contributed by atoms with Crippen LogP contribution < -0.4 is 4.90 Å². The maximum absolute atomic E-state index is 11.5. The highest BCUT2D eigenvalue weighted by atomic mass is 35.5. The molecule has 0 atom stereocenters. The van der Waals surface area contributed by atoms with Crippen LogP contribution in [-0.2, 0) is 17.6 Å². The lowest BCUT2D eigenvalue weighted by Crippen LogP contribution is -2.29. The molecule has 1 aromatic carbocycles. The van der Waals surface area contributed by atoms with E-state index in [-0.39, 0.29) is 11.8 Å². The minimum Gasteiger partial charge on any atom is -0.311 e. The Labute approximate surface area is 94.8 Å². The minimum atomic E-state index is -0.000310. The highest BCUT2D eigenvalue weighted by Crippen LogP contribution is 2.29. The molecule has 0 radical (unpaired) electrons. The van der Waals surface area contributed by atoms with Gasteiger partial charge >= 0.3 is 0 Å². The summed E-state index contributed by atoms with van der Waals surface area (Å²) in [7, 11) is 0. The second kappa shape index (κ2) is 4.23. The van der Waals surface area contributed by atoms with E-state index in [1.807, 2.05) is 6.07 Å². The van der Waals surface area contributed by atoms with Crippen LogP contribution in [0.1, 0.15) is 18.1 Å². The molecule has 2 rings (SSSR count). The van der Waals surface area contributed by atoms with Crippen LogP contribution >= 0.6 is 11.6 Å². The molecule has 15 heavy (non-hydrogen) atoms. The van der Waals surface area contributed by atoms with Crippen LogP contribution in [0.15, 0.2) is 18.2 Å². The number of carbonyl (C=O) groups is 1. The number of aryl methyl sites for hydroxylation is 1. The molecule has 0 unspecified atom stereocenters. The zero-order valence-electron chi connectivity index (χ0n) is 8.79. The molecule has 0 aromatic heterocycles. The van der Waals surface area contributed by atoms with Gasteiger partial charge in [0.25, 0.3) is 0 Å². The number of hydrogen-bond donors (Lipinski definition) is 0. The van der Waals surface area contributed by atoms with Crippen molar-refractivity contribution in [3.05, 3.63) is 29.3 Å². The van der Waals surface area contributed by atoms with Gasteiger partial charge in [0.05, 0.1) is 0 Å². The molecular formula is C12H14ClNO. The number of benzene rings is 1. The van der Waals surface area contributed by atoms with Gasteiger partial charge in [0.2, 0.25) is 5.91 Å². The Hall–Kier alpha value is -1.02. The highest BCUT2D eigenvalue weighted by Gasteiger charge is 2.23. The van der Waals surface area contributed by atoms with Crippen molar-refractivity contribution in [2.75, 3.05) is 17.3 Å². The van der Waals surface area contributed by atoms with Gasteiger partial charge < -0.3 is 4.90 Å². The summed E-state index contributed by atoms with van der Waals surface area (Å²) in [5.74, 6) is 0.0641. The average molecular weight is 224 g/mol. The van der Waals surface area contributed by atoms with Crippen LogP contribution in [0.2, 0.25) is 0 Å². The van der Waals surface area contributed by atoms with Gasteiger partial charge in [-0.25, -0.2) is 0 Å². The van der Waals surface area contributed by atoms with E-state index in [9.17, 15) is 4.79 Å². The Bertz CT molecular complexity index is 389. The highest BCUT2D eigenvalue weighted by molar-refractivity contribution is 6.29. The predicted octanol–water partition coefficient (Wildman–Crippen LogP) is 2.38. The second-order valence-electron chi connectivity index (χ2n) is 3.75. The number of fused-ring (bicyclic) bond motifs is 1. The molecule has 0 saturated carbocycles. The molecule has 0 saturated heterocycles. The van der Waals surface area contributed by atoms with Gasteiger partial charge in [0, 0.05) is 12.2 Å². The summed E-state index contributed by atoms with van der Waals surface area (Å²) in [6, 6.07) is 6.31. The molecule has 0 bridgehead atoms. The van der Waals surface area contributed by atoms with E-state index in [1.54, 1.807) is 4.90 Å². The molecule has 1 aromatic rings. The SMILES string of the molecule is CCc1ccc2c(c1)CCN2C(=O)CCl. The van der Waals surface area contributed by atoms with Gasteiger partial charge in [0.1, 0.15) is 5.88 Å². The Kier molecular flexibility index (Phi) is 2.96. The lowest BCUT2D eigenvalue weighted by molar-refractivity contribution is -0.116. The van der Waals surface area contributed by atoms with E-state index < -0.39 is 0 Å². The van der Waals surface area contributed by atoms with Crippen molar-refractivity contribution in [3.8, 4) is 0 Å². The number of nitrogens with zero attached hydrogens (tertiary/aromatic N) is 1. The summed E-state index contributed by atoms with van der Waals surface area (Å²) in [5.41, 5.74) is 3.64. The largest absolute Gasteiger partial charge is 0.311 e. The zero-order chi connectivity index (χ0) is 10.8. The molecule has 0 fully saturated rings. The smallest absolute Gasteiger partial charge is 0.241 e. The van der Waals surface area contributed by atoms with Crippen molar-refractivity contribution in [2.45, 2.75) is 19.8 Å². The number of carbonyl (C=O) groups excluding carboxylic acids is 1. The maximum atomic E-state index is 11.5. The average Bonchev–Trinajstić information content (AvgIpc) is 2.70. The number of alkyl halides is 1. The summed E-state index contributed by atoms with van der Waals surface area (Å²) in [6.45, 7) is 2.91. The van der Waals surface area contributed by atoms with E-state index in [0.29, 0.717) is 0 Å². The summed E-state index contributed by atoms with van der Waals surface area (Å²) in [4.78, 5) is 13.3. The fourth-order valence-corrected chi connectivity index (χ4v) is 2.15. The fraction of sp³-hybridized carbons (Fsp3) is 0.417. The fourth-order valence-electron chi connectivity index (χ4n) is 2.01. The number of rotatable bonds is 2. The van der Waals surface area contributed by atoms with Gasteiger partial charge in [-0.3, -0.25) is 4.79 Å². The molecule has 2 nitrogen and oxygen atoms in total. The van der Waals surface area contributed by atoms with Crippen molar-refractivity contribution in [2.24, 2.45) is 0 Å². The van der Waals surface area contributed by atoms with Crippen LogP contribution in [0.5, 0.6) is 0 Å². The first-order valence-corrected chi connectivity index (χ1v) is 5.78. The predicted molar refractivity (Wildman–Crippen MR) is 62.6 cm³/mol. The second-order valence-corrected chi connectivity index (χ2v) is 4.01. The molecule has 1 aliphatic rings. The summed E-state index contributed by atoms with van der Waals surface area (Å²) < 4.78 is 0. The number of amides is 1. The molecule has 1 heterocycles. The van der Waals surface area contributed by atoms with E-state index in [2.05, 4.69) is 19.1 Å². The third kappa shape index (κ3) is 1.86. The lowest BCUT2D eigenvalue weighted by atomic mass is 10.1. The summed E-state index contributed by atoms with van der Waals surface area (Å²) in [6.07, 6.45) is 1.99. The van der Waals surface area contributed by atoms with Crippen molar-refractivity contribution in [1.29, 1.82) is 0 Å².